The quantitative estimate of drug-likeness (QED) is 0.745. The van der Waals surface area contributed by atoms with Crippen molar-refractivity contribution in [3.63, 3.8) is 0 Å². The van der Waals surface area contributed by atoms with Gasteiger partial charge in [0.15, 0.2) is 15.9 Å². The lowest BCUT2D eigenvalue weighted by molar-refractivity contribution is -0.129. The molecular formula is C21H27NO4S. The average molecular weight is 390 g/mol. The Labute approximate surface area is 161 Å². The van der Waals surface area contributed by atoms with Gasteiger partial charge >= 0.3 is 0 Å². The van der Waals surface area contributed by atoms with Gasteiger partial charge in [-0.05, 0) is 49.1 Å². The molecule has 0 aromatic heterocycles. The van der Waals surface area contributed by atoms with Gasteiger partial charge in [-0.25, -0.2) is 8.42 Å². The molecule has 1 N–H and O–H groups in total. The number of carbonyl (C=O) groups is 1. The number of benzene rings is 2. The molecule has 2 rings (SSSR count). The minimum Gasteiger partial charge on any atom is -0.480 e. The van der Waals surface area contributed by atoms with Gasteiger partial charge in [0.2, 0.25) is 0 Å². The molecule has 6 heteroatoms. The Morgan fingerprint density at radius 1 is 1.04 bits per heavy atom. The second-order valence-electron chi connectivity index (χ2n) is 6.59. The van der Waals surface area contributed by atoms with E-state index < -0.39 is 15.9 Å². The number of nitrogens with one attached hydrogen (secondary N) is 1. The fourth-order valence-electron chi connectivity index (χ4n) is 2.80. The van der Waals surface area contributed by atoms with Crippen LogP contribution in [0.4, 0.5) is 0 Å². The molecule has 0 spiro atoms. The van der Waals surface area contributed by atoms with Gasteiger partial charge in [-0.1, -0.05) is 44.2 Å². The molecule has 0 unspecified atom stereocenters. The molecule has 5 nitrogen and oxygen atoms in total. The maximum absolute atomic E-state index is 12.7. The molecule has 0 saturated heterocycles. The van der Waals surface area contributed by atoms with E-state index in [1.165, 1.54) is 6.26 Å². The highest BCUT2D eigenvalue weighted by Gasteiger charge is 2.22. The summed E-state index contributed by atoms with van der Waals surface area (Å²) in [6.45, 7) is 5.82. The van der Waals surface area contributed by atoms with Crippen molar-refractivity contribution in [3.8, 4) is 5.75 Å². The maximum atomic E-state index is 12.7. The first-order chi connectivity index (χ1) is 12.8. The largest absolute Gasteiger partial charge is 0.480 e. The Hall–Kier alpha value is -2.34. The number of aryl methyl sites for hydroxylation is 1. The molecule has 1 amide bonds. The molecule has 0 aliphatic heterocycles. The SMILES string of the molecule is CC[C@@H](Oc1ccccc1C)C(=O)N[C@H](CC)c1ccc(S(C)(=O)=O)cc1. The summed E-state index contributed by atoms with van der Waals surface area (Å²) < 4.78 is 29.1. The van der Waals surface area contributed by atoms with Gasteiger partial charge in [0.1, 0.15) is 5.75 Å². The normalized spacial score (nSPS) is 13.6. The molecular weight excluding hydrogens is 362 g/mol. The standard InChI is InChI=1S/C21H27NO4S/c1-5-18(16-11-13-17(14-12-16)27(4,24)25)22-21(23)19(6-2)26-20-10-8-7-9-15(20)3/h7-14,18-19H,5-6H2,1-4H3,(H,22,23)/t18-,19-/m1/s1. The van der Waals surface area contributed by atoms with Crippen LogP contribution in [0.1, 0.15) is 43.9 Å². The van der Waals surface area contributed by atoms with Gasteiger partial charge in [-0.3, -0.25) is 4.79 Å². The van der Waals surface area contributed by atoms with Gasteiger partial charge in [0.05, 0.1) is 10.9 Å². The molecule has 146 valence electrons. The van der Waals surface area contributed by atoms with Crippen LogP contribution in [0, 0.1) is 6.92 Å². The molecule has 2 aromatic rings. The first-order valence-electron chi connectivity index (χ1n) is 9.09. The number of hydrogen-bond acceptors (Lipinski definition) is 4. The number of ether oxygens (including phenoxy) is 1. The molecule has 0 aliphatic carbocycles. The highest BCUT2D eigenvalue weighted by atomic mass is 32.2. The minimum atomic E-state index is -3.24. The van der Waals surface area contributed by atoms with Crippen LogP contribution in [-0.4, -0.2) is 26.7 Å². The molecule has 27 heavy (non-hydrogen) atoms. The van der Waals surface area contributed by atoms with E-state index in [4.69, 9.17) is 4.74 Å². The number of carbonyl (C=O) groups excluding carboxylic acids is 1. The lowest BCUT2D eigenvalue weighted by atomic mass is 10.0. The van der Waals surface area contributed by atoms with Gasteiger partial charge in [0, 0.05) is 6.26 Å². The number of para-hydroxylation sites is 1. The number of rotatable bonds is 8. The molecule has 0 bridgehead atoms. The molecule has 0 fully saturated rings. The summed E-state index contributed by atoms with van der Waals surface area (Å²) in [7, 11) is -3.24. The van der Waals surface area contributed by atoms with E-state index >= 15 is 0 Å². The number of sulfone groups is 1. The van der Waals surface area contributed by atoms with E-state index in [1.807, 2.05) is 45.0 Å². The Bertz CT molecular complexity index is 875. The zero-order valence-corrected chi connectivity index (χ0v) is 17.0. The van der Waals surface area contributed by atoms with E-state index in [0.29, 0.717) is 18.6 Å². The van der Waals surface area contributed by atoms with E-state index in [9.17, 15) is 13.2 Å². The average Bonchev–Trinajstić information content (AvgIpc) is 2.64. The summed E-state index contributed by atoms with van der Waals surface area (Å²) in [4.78, 5) is 13.0. The molecule has 2 atom stereocenters. The molecule has 2 aromatic carbocycles. The third-order valence-corrected chi connectivity index (χ3v) is 5.59. The fraction of sp³-hybridized carbons (Fsp3) is 0.381. The van der Waals surface area contributed by atoms with Crippen molar-refractivity contribution < 1.29 is 17.9 Å². The summed E-state index contributed by atoms with van der Waals surface area (Å²) in [5.41, 5.74) is 1.84. The van der Waals surface area contributed by atoms with E-state index in [1.54, 1.807) is 24.3 Å². The van der Waals surface area contributed by atoms with E-state index in [-0.39, 0.29) is 16.8 Å². The maximum Gasteiger partial charge on any atom is 0.261 e. The highest BCUT2D eigenvalue weighted by molar-refractivity contribution is 7.90. The van der Waals surface area contributed by atoms with Gasteiger partial charge < -0.3 is 10.1 Å². The molecule has 0 heterocycles. The summed E-state index contributed by atoms with van der Waals surface area (Å²) >= 11 is 0. The van der Waals surface area contributed by atoms with Crippen molar-refractivity contribution in [2.75, 3.05) is 6.26 Å². The van der Waals surface area contributed by atoms with E-state index in [2.05, 4.69) is 5.32 Å². The first-order valence-corrected chi connectivity index (χ1v) is 11.0. The predicted molar refractivity (Wildman–Crippen MR) is 107 cm³/mol. The third-order valence-electron chi connectivity index (χ3n) is 4.46. The van der Waals surface area contributed by atoms with Crippen LogP contribution in [-0.2, 0) is 14.6 Å². The summed E-state index contributed by atoms with van der Waals surface area (Å²) in [6, 6.07) is 14.0. The van der Waals surface area contributed by atoms with Gasteiger partial charge in [-0.15, -0.1) is 0 Å². The van der Waals surface area contributed by atoms with Crippen LogP contribution in [0.15, 0.2) is 53.4 Å². The van der Waals surface area contributed by atoms with Crippen molar-refractivity contribution in [1.82, 2.24) is 5.32 Å². The third kappa shape index (κ3) is 5.57. The zero-order chi connectivity index (χ0) is 20.0. The second-order valence-corrected chi connectivity index (χ2v) is 8.61. The van der Waals surface area contributed by atoms with Crippen molar-refractivity contribution in [2.45, 2.75) is 50.7 Å². The van der Waals surface area contributed by atoms with Gasteiger partial charge in [0.25, 0.3) is 5.91 Å². The van der Waals surface area contributed by atoms with Crippen LogP contribution >= 0.6 is 0 Å². The summed E-state index contributed by atoms with van der Waals surface area (Å²) in [5, 5.41) is 3.02. The Balaban J connectivity index is 2.11. The van der Waals surface area contributed by atoms with Crippen LogP contribution in [0.25, 0.3) is 0 Å². The van der Waals surface area contributed by atoms with Crippen LogP contribution in [0.5, 0.6) is 5.75 Å². The molecule has 0 radical (unpaired) electrons. The Kier molecular flexibility index (Phi) is 7.02. The fourth-order valence-corrected chi connectivity index (χ4v) is 3.43. The summed E-state index contributed by atoms with van der Waals surface area (Å²) in [5.74, 6) is 0.518. The Morgan fingerprint density at radius 2 is 1.67 bits per heavy atom. The first kappa shape index (κ1) is 21.0. The zero-order valence-electron chi connectivity index (χ0n) is 16.2. The van der Waals surface area contributed by atoms with Crippen molar-refractivity contribution in [3.05, 3.63) is 59.7 Å². The molecule has 0 aliphatic rings. The smallest absolute Gasteiger partial charge is 0.261 e. The highest BCUT2D eigenvalue weighted by Crippen LogP contribution is 2.22. The van der Waals surface area contributed by atoms with Crippen LogP contribution < -0.4 is 10.1 Å². The van der Waals surface area contributed by atoms with Crippen molar-refractivity contribution in [2.24, 2.45) is 0 Å². The minimum absolute atomic E-state index is 0.181. The monoisotopic (exact) mass is 389 g/mol. The topological polar surface area (TPSA) is 72.5 Å². The second kappa shape index (κ2) is 9.04. The van der Waals surface area contributed by atoms with Crippen LogP contribution in [0.2, 0.25) is 0 Å². The van der Waals surface area contributed by atoms with Crippen molar-refractivity contribution >= 4 is 15.7 Å². The summed E-state index contributed by atoms with van der Waals surface area (Å²) in [6.07, 6.45) is 1.82. The molecule has 0 saturated carbocycles. The van der Waals surface area contributed by atoms with Gasteiger partial charge in [-0.2, -0.15) is 0 Å². The number of hydrogen-bond donors (Lipinski definition) is 1. The number of amides is 1. The lowest BCUT2D eigenvalue weighted by Crippen LogP contribution is -2.40. The van der Waals surface area contributed by atoms with Crippen molar-refractivity contribution in [1.29, 1.82) is 0 Å². The predicted octanol–water partition coefficient (Wildman–Crippen LogP) is 3.82. The Morgan fingerprint density at radius 3 is 2.19 bits per heavy atom. The lowest BCUT2D eigenvalue weighted by Gasteiger charge is -2.23. The van der Waals surface area contributed by atoms with Crippen LogP contribution in [0.3, 0.4) is 0 Å². The van der Waals surface area contributed by atoms with E-state index in [0.717, 1.165) is 11.1 Å².